The van der Waals surface area contributed by atoms with Gasteiger partial charge in [0.1, 0.15) is 5.82 Å². The minimum absolute atomic E-state index is 0.548. The maximum absolute atomic E-state index is 6.29. The van der Waals surface area contributed by atoms with E-state index in [1.165, 1.54) is 25.7 Å². The van der Waals surface area contributed by atoms with Crippen molar-refractivity contribution in [2.24, 2.45) is 0 Å². The van der Waals surface area contributed by atoms with Gasteiger partial charge in [-0.25, -0.2) is 9.67 Å². The summed E-state index contributed by atoms with van der Waals surface area (Å²) in [5.41, 5.74) is 0.882. The first kappa shape index (κ1) is 11.7. The molecule has 2 aromatic rings. The van der Waals surface area contributed by atoms with Gasteiger partial charge in [0.25, 0.3) is 0 Å². The van der Waals surface area contributed by atoms with Crippen molar-refractivity contribution in [3.8, 4) is 5.69 Å². The van der Waals surface area contributed by atoms with Crippen LogP contribution in [0.5, 0.6) is 0 Å². The van der Waals surface area contributed by atoms with Crippen LogP contribution < -0.4 is 0 Å². The van der Waals surface area contributed by atoms with E-state index in [-0.39, 0.29) is 0 Å². The summed E-state index contributed by atoms with van der Waals surface area (Å²) in [4.78, 5) is 4.73. The molecule has 0 bridgehead atoms. The highest BCUT2D eigenvalue weighted by molar-refractivity contribution is 6.35. The molecule has 0 spiro atoms. The Bertz CT molecular complexity index is 642. The summed E-state index contributed by atoms with van der Waals surface area (Å²) in [6.45, 7) is 0. The number of hydrogen-bond donors (Lipinski definition) is 0. The molecule has 5 heteroatoms. The minimum Gasteiger partial charge on any atom is -0.216 e. The Morgan fingerprint density at radius 2 is 1.79 bits per heavy atom. The summed E-state index contributed by atoms with van der Waals surface area (Å²) in [6.07, 6.45) is 4.83. The lowest BCUT2D eigenvalue weighted by molar-refractivity contribution is 0.784. The normalized spacial score (nSPS) is 18.8. The van der Waals surface area contributed by atoms with Crippen molar-refractivity contribution in [2.45, 2.75) is 37.5 Å². The second-order valence-electron chi connectivity index (χ2n) is 5.38. The van der Waals surface area contributed by atoms with Crippen molar-refractivity contribution in [3.63, 3.8) is 0 Å². The van der Waals surface area contributed by atoms with E-state index in [2.05, 4.69) is 5.10 Å². The molecular formula is C14H13Cl2N3. The Morgan fingerprint density at radius 1 is 1.05 bits per heavy atom. The second-order valence-corrected chi connectivity index (χ2v) is 6.23. The SMILES string of the molecule is Clc1ccc(-n2nc(C3CC3)nc2C2CC2)c(Cl)c1. The van der Waals surface area contributed by atoms with Crippen LogP contribution in [0.15, 0.2) is 18.2 Å². The molecule has 0 amide bonds. The maximum Gasteiger partial charge on any atom is 0.154 e. The van der Waals surface area contributed by atoms with Gasteiger partial charge in [0, 0.05) is 16.9 Å². The van der Waals surface area contributed by atoms with Crippen LogP contribution in [0.2, 0.25) is 10.0 Å². The highest BCUT2D eigenvalue weighted by atomic mass is 35.5. The highest BCUT2D eigenvalue weighted by Gasteiger charge is 2.34. The summed E-state index contributed by atoms with van der Waals surface area (Å²) in [5.74, 6) is 3.15. The zero-order valence-corrected chi connectivity index (χ0v) is 11.8. The van der Waals surface area contributed by atoms with Crippen molar-refractivity contribution >= 4 is 23.2 Å². The van der Waals surface area contributed by atoms with Crippen molar-refractivity contribution in [1.82, 2.24) is 14.8 Å². The Labute approximate surface area is 121 Å². The van der Waals surface area contributed by atoms with Crippen molar-refractivity contribution in [1.29, 1.82) is 0 Å². The maximum atomic E-state index is 6.29. The molecule has 3 nitrogen and oxygen atoms in total. The summed E-state index contributed by atoms with van der Waals surface area (Å²) in [5, 5.41) is 5.94. The predicted octanol–water partition coefficient (Wildman–Crippen LogP) is 4.33. The lowest BCUT2D eigenvalue weighted by Gasteiger charge is -2.07. The van der Waals surface area contributed by atoms with E-state index in [0.29, 0.717) is 21.9 Å². The van der Waals surface area contributed by atoms with Gasteiger partial charge in [0.2, 0.25) is 0 Å². The first-order valence-electron chi connectivity index (χ1n) is 6.64. The third kappa shape index (κ3) is 2.15. The largest absolute Gasteiger partial charge is 0.216 e. The average Bonchev–Trinajstić information content (AvgIpc) is 3.28. The fourth-order valence-corrected chi connectivity index (χ4v) is 2.78. The topological polar surface area (TPSA) is 30.7 Å². The predicted molar refractivity (Wildman–Crippen MR) is 75.3 cm³/mol. The standard InChI is InChI=1S/C14H13Cl2N3/c15-10-5-6-12(11(16)7-10)19-14(9-3-4-9)17-13(18-19)8-1-2-8/h5-9H,1-4H2. The molecule has 0 aliphatic heterocycles. The summed E-state index contributed by atoms with van der Waals surface area (Å²) >= 11 is 12.2. The average molecular weight is 294 g/mol. The van der Waals surface area contributed by atoms with E-state index in [1.807, 2.05) is 16.8 Å². The van der Waals surface area contributed by atoms with Crippen LogP contribution in [-0.4, -0.2) is 14.8 Å². The summed E-state index contributed by atoms with van der Waals surface area (Å²) < 4.78 is 1.92. The zero-order chi connectivity index (χ0) is 13.0. The molecule has 4 rings (SSSR count). The van der Waals surface area contributed by atoms with Crippen LogP contribution in [0.4, 0.5) is 0 Å². The van der Waals surface area contributed by atoms with E-state index in [0.717, 1.165) is 17.3 Å². The lowest BCUT2D eigenvalue weighted by atomic mass is 10.3. The lowest BCUT2D eigenvalue weighted by Crippen LogP contribution is -2.02. The van der Waals surface area contributed by atoms with E-state index >= 15 is 0 Å². The molecule has 0 N–H and O–H groups in total. The van der Waals surface area contributed by atoms with Gasteiger partial charge in [-0.05, 0) is 43.9 Å². The molecule has 0 unspecified atom stereocenters. The van der Waals surface area contributed by atoms with Crippen LogP contribution in [0.3, 0.4) is 0 Å². The first-order valence-corrected chi connectivity index (χ1v) is 7.40. The smallest absolute Gasteiger partial charge is 0.154 e. The molecule has 0 radical (unpaired) electrons. The summed E-state index contributed by atoms with van der Waals surface area (Å²) in [6, 6.07) is 5.52. The molecule has 2 fully saturated rings. The fraction of sp³-hybridized carbons (Fsp3) is 0.429. The molecule has 1 heterocycles. The van der Waals surface area contributed by atoms with Crippen LogP contribution in [0.25, 0.3) is 5.69 Å². The molecule has 1 aromatic heterocycles. The van der Waals surface area contributed by atoms with E-state index < -0.39 is 0 Å². The molecule has 19 heavy (non-hydrogen) atoms. The monoisotopic (exact) mass is 293 g/mol. The summed E-state index contributed by atoms with van der Waals surface area (Å²) in [7, 11) is 0. The van der Waals surface area contributed by atoms with Crippen molar-refractivity contribution < 1.29 is 0 Å². The minimum atomic E-state index is 0.548. The van der Waals surface area contributed by atoms with Gasteiger partial charge in [-0.1, -0.05) is 23.2 Å². The van der Waals surface area contributed by atoms with Crippen molar-refractivity contribution in [3.05, 3.63) is 39.9 Å². The van der Waals surface area contributed by atoms with Gasteiger partial charge in [0.15, 0.2) is 5.82 Å². The second kappa shape index (κ2) is 4.22. The quantitative estimate of drug-likeness (QED) is 0.843. The highest BCUT2D eigenvalue weighted by Crippen LogP contribution is 2.44. The first-order chi connectivity index (χ1) is 9.22. The van der Waals surface area contributed by atoms with Gasteiger partial charge in [-0.15, -0.1) is 0 Å². The van der Waals surface area contributed by atoms with Gasteiger partial charge in [-0.3, -0.25) is 0 Å². The molecular weight excluding hydrogens is 281 g/mol. The Balaban J connectivity index is 1.83. The van der Waals surface area contributed by atoms with E-state index in [4.69, 9.17) is 28.2 Å². The molecule has 98 valence electrons. The third-order valence-electron chi connectivity index (χ3n) is 3.67. The van der Waals surface area contributed by atoms with E-state index in [1.54, 1.807) is 6.07 Å². The van der Waals surface area contributed by atoms with Crippen LogP contribution in [-0.2, 0) is 0 Å². The molecule has 2 saturated carbocycles. The Hall–Kier alpha value is -1.06. The van der Waals surface area contributed by atoms with Gasteiger partial charge < -0.3 is 0 Å². The number of rotatable bonds is 3. The molecule has 2 aliphatic rings. The van der Waals surface area contributed by atoms with Crippen LogP contribution >= 0.6 is 23.2 Å². The van der Waals surface area contributed by atoms with E-state index in [9.17, 15) is 0 Å². The number of benzene rings is 1. The fourth-order valence-electron chi connectivity index (χ4n) is 2.29. The van der Waals surface area contributed by atoms with Crippen LogP contribution in [0, 0.1) is 0 Å². The molecule has 1 aromatic carbocycles. The van der Waals surface area contributed by atoms with Crippen molar-refractivity contribution in [2.75, 3.05) is 0 Å². The molecule has 2 aliphatic carbocycles. The van der Waals surface area contributed by atoms with Gasteiger partial charge in [-0.2, -0.15) is 5.10 Å². The van der Waals surface area contributed by atoms with Gasteiger partial charge >= 0.3 is 0 Å². The number of hydrogen-bond acceptors (Lipinski definition) is 2. The number of nitrogens with zero attached hydrogens (tertiary/aromatic N) is 3. The zero-order valence-electron chi connectivity index (χ0n) is 10.3. The molecule has 0 saturated heterocycles. The number of halogens is 2. The number of aromatic nitrogens is 3. The Kier molecular flexibility index (Phi) is 2.61. The van der Waals surface area contributed by atoms with Gasteiger partial charge in [0.05, 0.1) is 10.7 Å². The Morgan fingerprint density at radius 3 is 2.42 bits per heavy atom. The molecule has 0 atom stereocenters. The van der Waals surface area contributed by atoms with Crippen LogP contribution in [0.1, 0.15) is 49.2 Å². The third-order valence-corrected chi connectivity index (χ3v) is 4.21.